The molecule has 29 heavy (non-hydrogen) atoms. The third kappa shape index (κ3) is 6.82. The van der Waals surface area contributed by atoms with E-state index in [-0.39, 0.29) is 29.8 Å². The van der Waals surface area contributed by atoms with Crippen molar-refractivity contribution in [2.24, 2.45) is 5.92 Å². The van der Waals surface area contributed by atoms with E-state index in [0.29, 0.717) is 43.4 Å². The molecule has 1 aliphatic rings. The first kappa shape index (κ1) is 23.3. The minimum absolute atomic E-state index is 0.0358. The molecule has 162 valence electrons. The highest BCUT2D eigenvalue weighted by Crippen LogP contribution is 2.26. The number of anilines is 1. The van der Waals surface area contributed by atoms with Gasteiger partial charge in [0.2, 0.25) is 15.9 Å². The lowest BCUT2D eigenvalue weighted by Gasteiger charge is -2.29. The zero-order chi connectivity index (χ0) is 21.6. The summed E-state index contributed by atoms with van der Waals surface area (Å²) in [5.41, 5.74) is 1.09. The Bertz CT molecular complexity index is 815. The van der Waals surface area contributed by atoms with Gasteiger partial charge in [-0.1, -0.05) is 13.0 Å². The van der Waals surface area contributed by atoms with E-state index in [2.05, 4.69) is 15.4 Å². The first-order valence-corrected chi connectivity index (χ1v) is 11.9. The molecule has 0 radical (unpaired) electrons. The highest BCUT2D eigenvalue weighted by molar-refractivity contribution is 7.90. The molecule has 1 saturated carbocycles. The summed E-state index contributed by atoms with van der Waals surface area (Å²) < 4.78 is 27.2. The minimum atomic E-state index is -3.31. The van der Waals surface area contributed by atoms with Gasteiger partial charge in [-0.25, -0.2) is 13.1 Å². The summed E-state index contributed by atoms with van der Waals surface area (Å²) in [5.74, 6) is -0.424. The van der Waals surface area contributed by atoms with Gasteiger partial charge in [0.25, 0.3) is 5.91 Å². The number of nitrogens with one attached hydrogen (secondary N) is 3. The summed E-state index contributed by atoms with van der Waals surface area (Å²) in [6.45, 7) is 7.34. The van der Waals surface area contributed by atoms with Crippen molar-refractivity contribution >= 4 is 27.5 Å². The van der Waals surface area contributed by atoms with Crippen LogP contribution in [0, 0.1) is 5.92 Å². The van der Waals surface area contributed by atoms with Crippen LogP contribution in [0.15, 0.2) is 24.3 Å². The van der Waals surface area contributed by atoms with Gasteiger partial charge in [0, 0.05) is 29.3 Å². The van der Waals surface area contributed by atoms with Gasteiger partial charge in [-0.3, -0.25) is 9.59 Å². The van der Waals surface area contributed by atoms with Crippen LogP contribution in [0.25, 0.3) is 0 Å². The normalized spacial score (nSPS) is 20.9. The van der Waals surface area contributed by atoms with Gasteiger partial charge in [0.1, 0.15) is 0 Å². The summed E-state index contributed by atoms with van der Waals surface area (Å²) in [5, 5.41) is 5.31. The Hall–Kier alpha value is -1.93. The van der Waals surface area contributed by atoms with E-state index in [9.17, 15) is 18.0 Å². The van der Waals surface area contributed by atoms with Crippen molar-refractivity contribution in [1.82, 2.24) is 10.0 Å². The van der Waals surface area contributed by atoms with Crippen molar-refractivity contribution in [3.05, 3.63) is 29.8 Å². The molecule has 1 aliphatic carbocycles. The van der Waals surface area contributed by atoms with Crippen LogP contribution in [0.2, 0.25) is 0 Å². The first-order valence-electron chi connectivity index (χ1n) is 10.3. The maximum Gasteiger partial charge on any atom is 0.251 e. The maximum atomic E-state index is 12.6. The molecule has 1 atom stereocenters. The quantitative estimate of drug-likeness (QED) is 0.598. The van der Waals surface area contributed by atoms with Crippen molar-refractivity contribution in [1.29, 1.82) is 0 Å². The molecular formula is C21H33N3O4S. The van der Waals surface area contributed by atoms with Crippen molar-refractivity contribution in [2.75, 3.05) is 5.32 Å². The zero-order valence-electron chi connectivity index (χ0n) is 17.7. The van der Waals surface area contributed by atoms with E-state index in [1.54, 1.807) is 31.2 Å². The predicted octanol–water partition coefficient (Wildman–Crippen LogP) is 3.04. The number of amides is 2. The third-order valence-electron chi connectivity index (χ3n) is 5.35. The van der Waals surface area contributed by atoms with Crippen molar-refractivity contribution < 1.29 is 18.0 Å². The Morgan fingerprint density at radius 1 is 1.10 bits per heavy atom. The molecule has 1 unspecified atom stereocenters. The maximum absolute atomic E-state index is 12.6. The Balaban J connectivity index is 1.89. The number of benzene rings is 1. The van der Waals surface area contributed by atoms with Crippen LogP contribution in [-0.2, 0) is 14.8 Å². The van der Waals surface area contributed by atoms with Crippen LogP contribution in [0.1, 0.15) is 70.2 Å². The second kappa shape index (κ2) is 10.2. The molecule has 0 aromatic heterocycles. The summed E-state index contributed by atoms with van der Waals surface area (Å²) in [4.78, 5) is 24.8. The molecule has 0 bridgehead atoms. The average molecular weight is 424 g/mol. The van der Waals surface area contributed by atoms with E-state index >= 15 is 0 Å². The van der Waals surface area contributed by atoms with Crippen molar-refractivity contribution in [2.45, 2.75) is 77.1 Å². The van der Waals surface area contributed by atoms with Crippen LogP contribution in [0.4, 0.5) is 5.69 Å². The molecule has 0 saturated heterocycles. The summed E-state index contributed by atoms with van der Waals surface area (Å²) >= 11 is 0. The first-order chi connectivity index (χ1) is 13.6. The predicted molar refractivity (Wildman–Crippen MR) is 115 cm³/mol. The lowest BCUT2D eigenvalue weighted by molar-refractivity contribution is -0.120. The number of carbonyl (C=O) groups is 2. The minimum Gasteiger partial charge on any atom is -0.350 e. The van der Waals surface area contributed by atoms with Crippen LogP contribution in [0.3, 0.4) is 0 Å². The van der Waals surface area contributed by atoms with Crippen molar-refractivity contribution in [3.8, 4) is 0 Å². The smallest absolute Gasteiger partial charge is 0.251 e. The van der Waals surface area contributed by atoms with Crippen molar-refractivity contribution in [3.63, 3.8) is 0 Å². The molecule has 0 aliphatic heterocycles. The molecular weight excluding hydrogens is 390 g/mol. The largest absolute Gasteiger partial charge is 0.350 e. The fraction of sp³-hybridized carbons (Fsp3) is 0.619. The Labute approximate surface area is 174 Å². The van der Waals surface area contributed by atoms with Crippen LogP contribution in [0.5, 0.6) is 0 Å². The van der Waals surface area contributed by atoms with Gasteiger partial charge in [-0.15, -0.1) is 0 Å². The average Bonchev–Trinajstić information content (AvgIpc) is 2.67. The molecule has 1 fully saturated rings. The lowest BCUT2D eigenvalue weighted by atomic mass is 9.86. The van der Waals surface area contributed by atoms with Gasteiger partial charge < -0.3 is 10.6 Å². The van der Waals surface area contributed by atoms with Crippen LogP contribution >= 0.6 is 0 Å². The van der Waals surface area contributed by atoms with Crippen LogP contribution < -0.4 is 15.4 Å². The Kier molecular flexibility index (Phi) is 8.22. The number of sulfonamides is 1. The molecule has 1 aromatic carbocycles. The monoisotopic (exact) mass is 423 g/mol. The van der Waals surface area contributed by atoms with Gasteiger partial charge >= 0.3 is 0 Å². The molecule has 0 spiro atoms. The highest BCUT2D eigenvalue weighted by Gasteiger charge is 2.30. The van der Waals surface area contributed by atoms with E-state index in [1.165, 1.54) is 0 Å². The molecule has 7 nitrogen and oxygen atoms in total. The SMILES string of the molecule is CCC(C)S(=O)(=O)NC1CCC(C(=O)Nc2cccc(C(=O)NC(C)C)c2)CC1. The van der Waals surface area contributed by atoms with Gasteiger partial charge in [0.15, 0.2) is 0 Å². The number of hydrogen-bond acceptors (Lipinski definition) is 4. The summed E-state index contributed by atoms with van der Waals surface area (Å²) in [7, 11) is -3.31. The molecule has 3 N–H and O–H groups in total. The van der Waals surface area contributed by atoms with E-state index < -0.39 is 15.3 Å². The zero-order valence-corrected chi connectivity index (χ0v) is 18.5. The highest BCUT2D eigenvalue weighted by atomic mass is 32.2. The third-order valence-corrected chi connectivity index (χ3v) is 7.40. The number of rotatable bonds is 8. The van der Waals surface area contributed by atoms with E-state index in [1.807, 2.05) is 20.8 Å². The Morgan fingerprint density at radius 2 is 1.76 bits per heavy atom. The van der Waals surface area contributed by atoms with Gasteiger partial charge in [-0.05, 0) is 71.1 Å². The standard InChI is InChI=1S/C21H33N3O4S/c1-5-15(4)29(27,28)24-18-11-9-16(10-12-18)20(25)23-19-8-6-7-17(13-19)21(26)22-14(2)3/h6-8,13-16,18,24H,5,9-12H2,1-4H3,(H,22,26)(H,23,25). The van der Waals surface area contributed by atoms with E-state index in [0.717, 1.165) is 0 Å². The number of carbonyl (C=O) groups excluding carboxylic acids is 2. The summed E-state index contributed by atoms with van der Waals surface area (Å²) in [6.07, 6.45) is 3.12. The molecule has 2 rings (SSSR count). The molecule has 2 amide bonds. The second-order valence-electron chi connectivity index (χ2n) is 8.13. The fourth-order valence-corrected chi connectivity index (χ4v) is 4.74. The van der Waals surface area contributed by atoms with E-state index in [4.69, 9.17) is 0 Å². The number of hydrogen-bond donors (Lipinski definition) is 3. The van der Waals surface area contributed by atoms with Gasteiger partial charge in [0.05, 0.1) is 5.25 Å². The van der Waals surface area contributed by atoms with Gasteiger partial charge in [-0.2, -0.15) is 0 Å². The lowest BCUT2D eigenvalue weighted by Crippen LogP contribution is -2.42. The molecule has 8 heteroatoms. The topological polar surface area (TPSA) is 104 Å². The fourth-order valence-electron chi connectivity index (χ4n) is 3.37. The summed E-state index contributed by atoms with van der Waals surface area (Å²) in [6, 6.07) is 6.81. The second-order valence-corrected chi connectivity index (χ2v) is 10.3. The molecule has 0 heterocycles. The Morgan fingerprint density at radius 3 is 2.34 bits per heavy atom. The molecule has 1 aromatic rings. The van der Waals surface area contributed by atoms with Crippen LogP contribution in [-0.4, -0.2) is 37.6 Å².